The van der Waals surface area contributed by atoms with Crippen molar-refractivity contribution in [2.24, 2.45) is 0 Å². The molecule has 0 atom stereocenters. The largest absolute Gasteiger partial charge is 0.309 e. The van der Waals surface area contributed by atoms with Crippen molar-refractivity contribution in [3.63, 3.8) is 0 Å². The lowest BCUT2D eigenvalue weighted by Gasteiger charge is -2.12. The molecule has 0 fully saturated rings. The molecule has 0 saturated heterocycles. The molecule has 0 saturated carbocycles. The summed E-state index contributed by atoms with van der Waals surface area (Å²) in [5, 5.41) is 4.78. The molecule has 0 aliphatic heterocycles. The summed E-state index contributed by atoms with van der Waals surface area (Å²) in [6.45, 7) is 0. The molecule has 290 valence electrons. The molecule has 0 aliphatic carbocycles. The highest BCUT2D eigenvalue weighted by atomic mass is 15.2. The van der Waals surface area contributed by atoms with E-state index in [0.29, 0.717) is 17.6 Å². The smallest absolute Gasteiger partial charge is 0.238 e. The van der Waals surface area contributed by atoms with E-state index >= 15 is 0 Å². The molecule has 0 bridgehead atoms. The SMILES string of the molecule is c1ccc(-c2ccc(-c3nc(-c4ccc(-c5ccccc5)cc4)nc(-n4c5ccccc5c5cc(-c6ccc(-n7c8ccccc8c8ccccc87)cc6)ccc54)n3)cc2)cc1. The Morgan fingerprint density at radius 1 is 0.242 bits per heavy atom. The van der Waals surface area contributed by atoms with Crippen LogP contribution in [0.1, 0.15) is 0 Å². The summed E-state index contributed by atoms with van der Waals surface area (Å²) in [6, 6.07) is 79.3. The number of benzene rings is 9. The Morgan fingerprint density at radius 3 is 1.11 bits per heavy atom. The Labute approximate surface area is 358 Å². The summed E-state index contributed by atoms with van der Waals surface area (Å²) in [5.74, 6) is 1.80. The fraction of sp³-hybridized carbons (Fsp3) is 0. The van der Waals surface area contributed by atoms with Gasteiger partial charge in [-0.05, 0) is 75.8 Å². The van der Waals surface area contributed by atoms with E-state index in [4.69, 9.17) is 15.0 Å². The van der Waals surface area contributed by atoms with Gasteiger partial charge in [0.25, 0.3) is 0 Å². The second-order valence-corrected chi connectivity index (χ2v) is 15.7. The number of aromatic nitrogens is 5. The average Bonchev–Trinajstić information content (AvgIpc) is 3.87. The summed E-state index contributed by atoms with van der Waals surface area (Å²) in [6.07, 6.45) is 0. The van der Waals surface area contributed by atoms with Crippen LogP contribution >= 0.6 is 0 Å². The lowest BCUT2D eigenvalue weighted by Crippen LogP contribution is -2.06. The summed E-state index contributed by atoms with van der Waals surface area (Å²) in [5.41, 5.74) is 14.3. The van der Waals surface area contributed by atoms with Crippen molar-refractivity contribution >= 4 is 43.6 Å². The summed E-state index contributed by atoms with van der Waals surface area (Å²) < 4.78 is 4.54. The zero-order valence-corrected chi connectivity index (χ0v) is 33.6. The van der Waals surface area contributed by atoms with Crippen molar-refractivity contribution in [3.8, 4) is 67.8 Å². The minimum absolute atomic E-state index is 0.568. The Balaban J connectivity index is 0.976. The van der Waals surface area contributed by atoms with Crippen LogP contribution in [-0.2, 0) is 0 Å². The zero-order valence-electron chi connectivity index (χ0n) is 33.6. The minimum Gasteiger partial charge on any atom is -0.309 e. The highest BCUT2D eigenvalue weighted by Crippen LogP contribution is 2.37. The van der Waals surface area contributed by atoms with E-state index < -0.39 is 0 Å². The second kappa shape index (κ2) is 14.7. The Bertz CT molecular complexity index is 3430. The van der Waals surface area contributed by atoms with Gasteiger partial charge in [-0.3, -0.25) is 4.57 Å². The lowest BCUT2D eigenvalue weighted by molar-refractivity contribution is 0.953. The van der Waals surface area contributed by atoms with Gasteiger partial charge in [0.2, 0.25) is 5.95 Å². The molecule has 0 radical (unpaired) electrons. The summed E-state index contributed by atoms with van der Waals surface area (Å²) in [4.78, 5) is 15.6. The van der Waals surface area contributed by atoms with Crippen LogP contribution in [-0.4, -0.2) is 24.1 Å². The molecule has 5 heteroatoms. The lowest BCUT2D eigenvalue weighted by atomic mass is 10.0. The molecule has 0 N–H and O–H groups in total. The highest BCUT2D eigenvalue weighted by molar-refractivity contribution is 6.11. The molecule has 12 aromatic rings. The van der Waals surface area contributed by atoms with E-state index in [9.17, 15) is 0 Å². The number of para-hydroxylation sites is 3. The number of rotatable bonds is 7. The van der Waals surface area contributed by atoms with E-state index in [1.807, 2.05) is 12.1 Å². The quantitative estimate of drug-likeness (QED) is 0.162. The molecule has 3 heterocycles. The van der Waals surface area contributed by atoms with Crippen molar-refractivity contribution in [1.29, 1.82) is 0 Å². The first-order chi connectivity index (χ1) is 30.7. The third-order valence-electron chi connectivity index (χ3n) is 12.0. The molecule has 0 amide bonds. The van der Waals surface area contributed by atoms with Crippen LogP contribution in [0.5, 0.6) is 0 Å². The second-order valence-electron chi connectivity index (χ2n) is 15.7. The third kappa shape index (κ3) is 6.06. The standard InChI is InChI=1S/C57H37N5/c1-3-13-38(14-4-1)40-23-27-43(28-24-40)55-58-56(44-29-25-41(26-30-44)39-15-5-2-6-16-39)60-57(59-55)62-53-22-12-9-19-49(53)50-37-45(33-36-54(50)62)42-31-34-46(35-32-42)61-51-20-10-7-17-47(51)48-18-8-11-21-52(48)61/h1-37H. The van der Waals surface area contributed by atoms with E-state index in [2.05, 4.69) is 221 Å². The van der Waals surface area contributed by atoms with E-state index in [1.165, 1.54) is 32.9 Å². The fourth-order valence-electron chi connectivity index (χ4n) is 8.98. The maximum atomic E-state index is 5.24. The molecule has 0 unspecified atom stereocenters. The van der Waals surface area contributed by atoms with Crippen molar-refractivity contribution in [2.75, 3.05) is 0 Å². The Kier molecular flexibility index (Phi) is 8.42. The molecular formula is C57H37N5. The van der Waals surface area contributed by atoms with E-state index in [-0.39, 0.29) is 0 Å². The first-order valence-corrected chi connectivity index (χ1v) is 20.9. The van der Waals surface area contributed by atoms with Crippen molar-refractivity contribution in [3.05, 3.63) is 224 Å². The molecule has 0 spiro atoms. The predicted molar refractivity (Wildman–Crippen MR) is 256 cm³/mol. The van der Waals surface area contributed by atoms with Gasteiger partial charge >= 0.3 is 0 Å². The van der Waals surface area contributed by atoms with Gasteiger partial charge < -0.3 is 4.57 Å². The van der Waals surface area contributed by atoms with E-state index in [0.717, 1.165) is 60.9 Å². The first-order valence-electron chi connectivity index (χ1n) is 20.9. The molecule has 0 aliphatic rings. The van der Waals surface area contributed by atoms with Gasteiger partial charge in [0.1, 0.15) is 0 Å². The van der Waals surface area contributed by atoms with Crippen LogP contribution in [0.4, 0.5) is 0 Å². The molecular weight excluding hydrogens is 755 g/mol. The van der Waals surface area contributed by atoms with Crippen molar-refractivity contribution < 1.29 is 0 Å². The predicted octanol–water partition coefficient (Wildman–Crippen LogP) is 14.4. The monoisotopic (exact) mass is 791 g/mol. The van der Waals surface area contributed by atoms with Gasteiger partial charge in [0, 0.05) is 38.4 Å². The molecule has 3 aromatic heterocycles. The van der Waals surface area contributed by atoms with Crippen LogP contribution in [0, 0.1) is 0 Å². The number of hydrogen-bond acceptors (Lipinski definition) is 3. The third-order valence-corrected chi connectivity index (χ3v) is 12.0. The summed E-state index contributed by atoms with van der Waals surface area (Å²) >= 11 is 0. The minimum atomic E-state index is 0.568. The number of nitrogens with zero attached hydrogens (tertiary/aromatic N) is 5. The van der Waals surface area contributed by atoms with Gasteiger partial charge in [-0.25, -0.2) is 4.98 Å². The fourth-order valence-corrected chi connectivity index (χ4v) is 8.98. The van der Waals surface area contributed by atoms with Gasteiger partial charge in [-0.2, -0.15) is 9.97 Å². The molecule has 9 aromatic carbocycles. The normalized spacial score (nSPS) is 11.5. The number of fused-ring (bicyclic) bond motifs is 6. The Morgan fingerprint density at radius 2 is 0.597 bits per heavy atom. The van der Waals surface area contributed by atoms with Gasteiger partial charge in [-0.1, -0.05) is 182 Å². The van der Waals surface area contributed by atoms with Crippen LogP contribution in [0.2, 0.25) is 0 Å². The topological polar surface area (TPSA) is 48.5 Å². The summed E-state index contributed by atoms with van der Waals surface area (Å²) in [7, 11) is 0. The molecule has 5 nitrogen and oxygen atoms in total. The Hall–Kier alpha value is -8.41. The number of hydrogen-bond donors (Lipinski definition) is 0. The van der Waals surface area contributed by atoms with Crippen molar-refractivity contribution in [2.45, 2.75) is 0 Å². The maximum Gasteiger partial charge on any atom is 0.238 e. The van der Waals surface area contributed by atoms with Crippen LogP contribution < -0.4 is 0 Å². The maximum absolute atomic E-state index is 5.24. The zero-order chi connectivity index (χ0) is 41.0. The molecule has 62 heavy (non-hydrogen) atoms. The van der Waals surface area contributed by atoms with Crippen LogP contribution in [0.15, 0.2) is 224 Å². The van der Waals surface area contributed by atoms with Gasteiger partial charge in [0.05, 0.1) is 22.1 Å². The van der Waals surface area contributed by atoms with E-state index in [1.54, 1.807) is 0 Å². The van der Waals surface area contributed by atoms with Crippen LogP contribution in [0.3, 0.4) is 0 Å². The van der Waals surface area contributed by atoms with Crippen LogP contribution in [0.25, 0.3) is 111 Å². The van der Waals surface area contributed by atoms with Crippen molar-refractivity contribution in [1.82, 2.24) is 24.1 Å². The van der Waals surface area contributed by atoms with Gasteiger partial charge in [-0.15, -0.1) is 0 Å². The molecule has 12 rings (SSSR count). The first kappa shape index (κ1) is 35.5. The van der Waals surface area contributed by atoms with Gasteiger partial charge in [0.15, 0.2) is 11.6 Å². The average molecular weight is 792 g/mol. The highest BCUT2D eigenvalue weighted by Gasteiger charge is 2.19.